The number of ketones is 1. The standard InChI is InChI=1S/C31H28FNO5/c1-4-36-25-16-20(13-14-24(25)38-17-19-9-8-10-21(32)15-19)27-26(31(35)37-5-2)18(3)33-29-22-11-6-7-12-23(22)30(34)28(27)29/h6-16,27,33H,4-5,17H2,1-3H3/t27-/m1/s1. The van der Waals surface area contributed by atoms with Crippen LogP contribution in [0.2, 0.25) is 0 Å². The van der Waals surface area contributed by atoms with Crippen LogP contribution in [0, 0.1) is 5.82 Å². The molecule has 0 fully saturated rings. The van der Waals surface area contributed by atoms with E-state index < -0.39 is 11.9 Å². The Morgan fingerprint density at radius 3 is 2.45 bits per heavy atom. The number of dihydropyridines is 1. The average molecular weight is 514 g/mol. The van der Waals surface area contributed by atoms with Gasteiger partial charge in [-0.1, -0.05) is 42.5 Å². The van der Waals surface area contributed by atoms with Gasteiger partial charge in [0.2, 0.25) is 0 Å². The van der Waals surface area contributed by atoms with Crippen molar-refractivity contribution in [1.29, 1.82) is 0 Å². The first-order chi connectivity index (χ1) is 18.4. The number of carbonyl (C=O) groups is 2. The fourth-order valence-electron chi connectivity index (χ4n) is 5.02. The Morgan fingerprint density at radius 2 is 1.71 bits per heavy atom. The van der Waals surface area contributed by atoms with Crippen LogP contribution in [0.15, 0.2) is 83.6 Å². The molecule has 0 bridgehead atoms. The Bertz CT molecular complexity index is 1490. The Labute approximate surface area is 220 Å². The quantitative estimate of drug-likeness (QED) is 0.376. The molecule has 1 atom stereocenters. The van der Waals surface area contributed by atoms with Gasteiger partial charge >= 0.3 is 5.97 Å². The summed E-state index contributed by atoms with van der Waals surface area (Å²) in [5.74, 6) is -0.679. The maximum atomic E-state index is 13.7. The van der Waals surface area contributed by atoms with Crippen molar-refractivity contribution in [3.05, 3.63) is 112 Å². The van der Waals surface area contributed by atoms with Crippen LogP contribution in [0.25, 0.3) is 5.70 Å². The van der Waals surface area contributed by atoms with Crippen LogP contribution in [-0.4, -0.2) is 25.0 Å². The van der Waals surface area contributed by atoms with Crippen molar-refractivity contribution in [2.75, 3.05) is 13.2 Å². The summed E-state index contributed by atoms with van der Waals surface area (Å²) in [4.78, 5) is 26.8. The van der Waals surface area contributed by atoms with E-state index in [0.29, 0.717) is 57.3 Å². The molecule has 3 aromatic carbocycles. The summed E-state index contributed by atoms with van der Waals surface area (Å²) in [6.07, 6.45) is 0. The summed E-state index contributed by atoms with van der Waals surface area (Å²) in [6.45, 7) is 6.16. The first kappa shape index (κ1) is 25.3. The van der Waals surface area contributed by atoms with Gasteiger partial charge < -0.3 is 19.5 Å². The van der Waals surface area contributed by atoms with E-state index in [0.717, 1.165) is 5.56 Å². The number of Topliss-reactive ketones (excluding diaryl/α,β-unsaturated/α-hetero) is 1. The van der Waals surface area contributed by atoms with Gasteiger partial charge in [0.1, 0.15) is 12.4 Å². The molecule has 0 amide bonds. The lowest BCUT2D eigenvalue weighted by atomic mass is 9.79. The number of nitrogens with one attached hydrogen (secondary N) is 1. The van der Waals surface area contributed by atoms with Gasteiger partial charge in [-0.2, -0.15) is 0 Å². The first-order valence-electron chi connectivity index (χ1n) is 12.6. The average Bonchev–Trinajstić information content (AvgIpc) is 3.19. The largest absolute Gasteiger partial charge is 0.490 e. The van der Waals surface area contributed by atoms with E-state index in [1.807, 2.05) is 38.1 Å². The van der Waals surface area contributed by atoms with Gasteiger partial charge in [-0.05, 0) is 56.2 Å². The van der Waals surface area contributed by atoms with Gasteiger partial charge in [-0.3, -0.25) is 4.79 Å². The van der Waals surface area contributed by atoms with Crippen molar-refractivity contribution >= 4 is 17.4 Å². The smallest absolute Gasteiger partial charge is 0.336 e. The van der Waals surface area contributed by atoms with Crippen molar-refractivity contribution in [2.45, 2.75) is 33.3 Å². The SMILES string of the molecule is CCOC(=O)C1=C(C)NC2=C(C(=O)c3ccccc32)[C@@H]1c1ccc(OCc2cccc(F)c2)c(OCC)c1. The zero-order chi connectivity index (χ0) is 26.8. The Kier molecular flexibility index (Phi) is 7.01. The van der Waals surface area contributed by atoms with E-state index in [4.69, 9.17) is 14.2 Å². The molecule has 6 nitrogen and oxygen atoms in total. The van der Waals surface area contributed by atoms with Gasteiger partial charge in [0.25, 0.3) is 0 Å². The van der Waals surface area contributed by atoms with Crippen LogP contribution in [0.4, 0.5) is 4.39 Å². The molecule has 1 heterocycles. The Morgan fingerprint density at radius 1 is 0.921 bits per heavy atom. The molecule has 38 heavy (non-hydrogen) atoms. The van der Waals surface area contributed by atoms with Crippen molar-refractivity contribution in [3.8, 4) is 11.5 Å². The zero-order valence-electron chi connectivity index (χ0n) is 21.5. The number of esters is 1. The van der Waals surface area contributed by atoms with Gasteiger partial charge in [0.15, 0.2) is 17.3 Å². The summed E-state index contributed by atoms with van der Waals surface area (Å²) in [6, 6.07) is 19.0. The van der Waals surface area contributed by atoms with Crippen LogP contribution in [0.5, 0.6) is 11.5 Å². The number of halogens is 1. The highest BCUT2D eigenvalue weighted by atomic mass is 19.1. The van der Waals surface area contributed by atoms with Gasteiger partial charge in [0, 0.05) is 28.3 Å². The van der Waals surface area contributed by atoms with Crippen LogP contribution in [0.1, 0.15) is 53.7 Å². The second kappa shape index (κ2) is 10.5. The second-order valence-corrected chi connectivity index (χ2v) is 9.04. The molecule has 0 radical (unpaired) electrons. The molecule has 2 aliphatic rings. The monoisotopic (exact) mass is 513 g/mol. The molecule has 3 aromatic rings. The number of ether oxygens (including phenoxy) is 3. The topological polar surface area (TPSA) is 73.9 Å². The van der Waals surface area contributed by atoms with Crippen LogP contribution < -0.4 is 14.8 Å². The van der Waals surface area contributed by atoms with Gasteiger partial charge in [0.05, 0.1) is 24.5 Å². The van der Waals surface area contributed by atoms with Crippen molar-refractivity contribution in [3.63, 3.8) is 0 Å². The maximum absolute atomic E-state index is 13.7. The minimum absolute atomic E-state index is 0.133. The Hall–Kier alpha value is -4.39. The third kappa shape index (κ3) is 4.56. The summed E-state index contributed by atoms with van der Waals surface area (Å²) >= 11 is 0. The molecule has 1 aliphatic carbocycles. The van der Waals surface area contributed by atoms with Crippen molar-refractivity contribution in [2.24, 2.45) is 0 Å². The lowest BCUT2D eigenvalue weighted by Crippen LogP contribution is -2.29. The first-order valence-corrected chi connectivity index (χ1v) is 12.6. The summed E-state index contributed by atoms with van der Waals surface area (Å²) < 4.78 is 30.9. The highest BCUT2D eigenvalue weighted by Gasteiger charge is 2.43. The Balaban J connectivity index is 1.58. The zero-order valence-corrected chi connectivity index (χ0v) is 21.5. The molecule has 0 saturated heterocycles. The highest BCUT2D eigenvalue weighted by Crippen LogP contribution is 2.48. The molecule has 5 rings (SSSR count). The van der Waals surface area contributed by atoms with E-state index >= 15 is 0 Å². The van der Waals surface area contributed by atoms with Crippen LogP contribution >= 0.6 is 0 Å². The fraction of sp³-hybridized carbons (Fsp3) is 0.226. The number of fused-ring (bicyclic) bond motifs is 2. The number of benzene rings is 3. The summed E-state index contributed by atoms with van der Waals surface area (Å²) in [5.41, 5.74) is 4.98. The molecule has 194 valence electrons. The summed E-state index contributed by atoms with van der Waals surface area (Å²) in [5, 5.41) is 3.30. The molecule has 0 spiro atoms. The molecule has 7 heteroatoms. The molecular weight excluding hydrogens is 485 g/mol. The predicted octanol–water partition coefficient (Wildman–Crippen LogP) is 5.93. The third-order valence-electron chi connectivity index (χ3n) is 6.63. The minimum Gasteiger partial charge on any atom is -0.490 e. The second-order valence-electron chi connectivity index (χ2n) is 9.04. The van der Waals surface area contributed by atoms with Gasteiger partial charge in [-0.25, -0.2) is 9.18 Å². The number of hydrogen-bond acceptors (Lipinski definition) is 6. The third-order valence-corrected chi connectivity index (χ3v) is 6.63. The van der Waals surface area contributed by atoms with Crippen molar-refractivity contribution < 1.29 is 28.2 Å². The fourth-order valence-corrected chi connectivity index (χ4v) is 5.02. The lowest BCUT2D eigenvalue weighted by molar-refractivity contribution is -0.138. The van der Waals surface area contributed by atoms with E-state index in [1.54, 1.807) is 37.3 Å². The minimum atomic E-state index is -0.665. The van der Waals surface area contributed by atoms with Gasteiger partial charge in [-0.15, -0.1) is 0 Å². The molecule has 1 aliphatic heterocycles. The van der Waals surface area contributed by atoms with E-state index in [-0.39, 0.29) is 24.8 Å². The summed E-state index contributed by atoms with van der Waals surface area (Å²) in [7, 11) is 0. The predicted molar refractivity (Wildman–Crippen MR) is 141 cm³/mol. The normalized spacial score (nSPS) is 16.1. The molecule has 0 unspecified atom stereocenters. The number of hydrogen-bond donors (Lipinski definition) is 1. The highest BCUT2D eigenvalue weighted by molar-refractivity contribution is 6.23. The van der Waals surface area contributed by atoms with Crippen molar-refractivity contribution in [1.82, 2.24) is 5.32 Å². The molecule has 1 N–H and O–H groups in total. The van der Waals surface area contributed by atoms with E-state index in [2.05, 4.69) is 5.32 Å². The molecule has 0 aromatic heterocycles. The molecule has 0 saturated carbocycles. The lowest BCUT2D eigenvalue weighted by Gasteiger charge is -2.29. The van der Waals surface area contributed by atoms with E-state index in [9.17, 15) is 14.0 Å². The van der Waals surface area contributed by atoms with E-state index in [1.165, 1.54) is 12.1 Å². The number of rotatable bonds is 8. The van der Waals surface area contributed by atoms with Crippen LogP contribution in [0.3, 0.4) is 0 Å². The van der Waals surface area contributed by atoms with Crippen LogP contribution in [-0.2, 0) is 16.1 Å². The molecular formula is C31H28FNO5. The number of carbonyl (C=O) groups excluding carboxylic acids is 2. The number of allylic oxidation sites excluding steroid dienone is 2. The maximum Gasteiger partial charge on any atom is 0.336 e.